The Balaban J connectivity index is 3.21. The minimum absolute atomic E-state index is 0.0761. The summed E-state index contributed by atoms with van der Waals surface area (Å²) in [4.78, 5) is 0. The van der Waals surface area contributed by atoms with Gasteiger partial charge in [-0.05, 0) is 25.7 Å². The summed E-state index contributed by atoms with van der Waals surface area (Å²) in [5.74, 6) is 0. The molecule has 0 aliphatic heterocycles. The van der Waals surface area contributed by atoms with E-state index in [2.05, 4.69) is 26.0 Å². The number of allylic oxidation sites excluding steroid dienone is 2. The standard InChI is InChI=1S/C13H26O/c1-3-5-7-8-10-12-13(14)11-9-6-4-2/h7-8,13-14H,3-6,9-12H2,1-2H3/b8-7-. The van der Waals surface area contributed by atoms with Crippen molar-refractivity contribution in [1.29, 1.82) is 0 Å². The van der Waals surface area contributed by atoms with Crippen molar-refractivity contribution < 1.29 is 5.11 Å². The van der Waals surface area contributed by atoms with E-state index in [1.54, 1.807) is 0 Å². The first kappa shape index (κ1) is 13.7. The van der Waals surface area contributed by atoms with Crippen LogP contribution in [0.1, 0.15) is 65.2 Å². The molecule has 1 atom stereocenters. The molecule has 0 amide bonds. The van der Waals surface area contributed by atoms with Crippen LogP contribution < -0.4 is 0 Å². The van der Waals surface area contributed by atoms with Gasteiger partial charge in [0.1, 0.15) is 0 Å². The number of unbranched alkanes of at least 4 members (excludes halogenated alkanes) is 3. The summed E-state index contributed by atoms with van der Waals surface area (Å²) in [6, 6.07) is 0. The van der Waals surface area contributed by atoms with Gasteiger partial charge in [0, 0.05) is 0 Å². The molecule has 0 aromatic rings. The molecule has 0 aromatic heterocycles. The Morgan fingerprint density at radius 3 is 2.29 bits per heavy atom. The van der Waals surface area contributed by atoms with E-state index < -0.39 is 0 Å². The number of aliphatic hydroxyl groups is 1. The molecule has 1 N–H and O–H groups in total. The quantitative estimate of drug-likeness (QED) is 0.437. The van der Waals surface area contributed by atoms with Crippen LogP contribution in [0.25, 0.3) is 0 Å². The largest absolute Gasteiger partial charge is 0.393 e. The van der Waals surface area contributed by atoms with Crippen LogP contribution in [0.15, 0.2) is 12.2 Å². The summed E-state index contributed by atoms with van der Waals surface area (Å²) < 4.78 is 0. The zero-order valence-electron chi connectivity index (χ0n) is 9.84. The molecule has 0 spiro atoms. The average molecular weight is 198 g/mol. The third-order valence-corrected chi connectivity index (χ3v) is 2.43. The number of hydrogen-bond donors (Lipinski definition) is 1. The molecule has 0 heterocycles. The van der Waals surface area contributed by atoms with Crippen LogP contribution in [-0.4, -0.2) is 11.2 Å². The van der Waals surface area contributed by atoms with Gasteiger partial charge in [-0.1, -0.05) is 51.7 Å². The first-order chi connectivity index (χ1) is 6.81. The first-order valence-electron chi connectivity index (χ1n) is 6.14. The van der Waals surface area contributed by atoms with Crippen LogP contribution in [-0.2, 0) is 0 Å². The van der Waals surface area contributed by atoms with Crippen LogP contribution in [0.4, 0.5) is 0 Å². The Morgan fingerprint density at radius 1 is 0.929 bits per heavy atom. The second-order valence-electron chi connectivity index (χ2n) is 3.99. The molecule has 0 saturated heterocycles. The summed E-state index contributed by atoms with van der Waals surface area (Å²) >= 11 is 0. The minimum Gasteiger partial charge on any atom is -0.393 e. The fraction of sp³-hybridized carbons (Fsp3) is 0.846. The third-order valence-electron chi connectivity index (χ3n) is 2.43. The lowest BCUT2D eigenvalue weighted by molar-refractivity contribution is 0.152. The zero-order valence-corrected chi connectivity index (χ0v) is 9.84. The molecule has 1 heteroatoms. The SMILES string of the molecule is CCC/C=C\CCC(O)CCCCC. The van der Waals surface area contributed by atoms with Crippen molar-refractivity contribution in [2.24, 2.45) is 0 Å². The van der Waals surface area contributed by atoms with Gasteiger partial charge < -0.3 is 5.11 Å². The Hall–Kier alpha value is -0.300. The van der Waals surface area contributed by atoms with Crippen molar-refractivity contribution in [2.75, 3.05) is 0 Å². The maximum Gasteiger partial charge on any atom is 0.0543 e. The summed E-state index contributed by atoms with van der Waals surface area (Å²) in [5.41, 5.74) is 0. The lowest BCUT2D eigenvalue weighted by Gasteiger charge is -2.07. The third kappa shape index (κ3) is 9.79. The summed E-state index contributed by atoms with van der Waals surface area (Å²) in [6.45, 7) is 4.38. The molecule has 0 rings (SSSR count). The summed E-state index contributed by atoms with van der Waals surface area (Å²) in [6.07, 6.45) is 13.4. The van der Waals surface area contributed by atoms with Gasteiger partial charge in [-0.15, -0.1) is 0 Å². The Labute approximate surface area is 89.2 Å². The van der Waals surface area contributed by atoms with Gasteiger partial charge >= 0.3 is 0 Å². The molecule has 0 fully saturated rings. The predicted octanol–water partition coefficient (Wildman–Crippen LogP) is 4.06. The number of aliphatic hydroxyl groups excluding tert-OH is 1. The van der Waals surface area contributed by atoms with Crippen molar-refractivity contribution in [3.63, 3.8) is 0 Å². The van der Waals surface area contributed by atoms with Gasteiger partial charge in [0.25, 0.3) is 0 Å². The van der Waals surface area contributed by atoms with Crippen LogP contribution in [0.3, 0.4) is 0 Å². The summed E-state index contributed by atoms with van der Waals surface area (Å²) in [7, 11) is 0. The normalized spacial score (nSPS) is 13.6. The molecular formula is C13H26O. The molecular weight excluding hydrogens is 172 g/mol. The molecule has 0 bridgehead atoms. The fourth-order valence-corrected chi connectivity index (χ4v) is 1.47. The van der Waals surface area contributed by atoms with E-state index in [1.807, 2.05) is 0 Å². The van der Waals surface area contributed by atoms with E-state index in [0.29, 0.717) is 0 Å². The summed E-state index contributed by atoms with van der Waals surface area (Å²) in [5, 5.41) is 9.60. The van der Waals surface area contributed by atoms with Gasteiger partial charge in [-0.2, -0.15) is 0 Å². The van der Waals surface area contributed by atoms with Crippen molar-refractivity contribution in [3.8, 4) is 0 Å². The molecule has 1 nitrogen and oxygen atoms in total. The monoisotopic (exact) mass is 198 g/mol. The van der Waals surface area contributed by atoms with E-state index in [9.17, 15) is 5.11 Å². The zero-order chi connectivity index (χ0) is 10.6. The fourth-order valence-electron chi connectivity index (χ4n) is 1.47. The molecule has 14 heavy (non-hydrogen) atoms. The smallest absolute Gasteiger partial charge is 0.0543 e. The number of hydrogen-bond acceptors (Lipinski definition) is 1. The van der Waals surface area contributed by atoms with Crippen molar-refractivity contribution >= 4 is 0 Å². The van der Waals surface area contributed by atoms with Crippen LogP contribution in [0, 0.1) is 0 Å². The molecule has 84 valence electrons. The Bertz CT molecular complexity index is 129. The Kier molecular flexibility index (Phi) is 10.5. The van der Waals surface area contributed by atoms with Crippen molar-refractivity contribution in [3.05, 3.63) is 12.2 Å². The van der Waals surface area contributed by atoms with Crippen molar-refractivity contribution in [2.45, 2.75) is 71.3 Å². The number of rotatable bonds is 9. The topological polar surface area (TPSA) is 20.2 Å². The maximum absolute atomic E-state index is 9.60. The van der Waals surface area contributed by atoms with Crippen LogP contribution in [0.2, 0.25) is 0 Å². The molecule has 0 radical (unpaired) electrons. The lowest BCUT2D eigenvalue weighted by Crippen LogP contribution is -2.05. The second-order valence-corrected chi connectivity index (χ2v) is 3.99. The van der Waals surface area contributed by atoms with Gasteiger partial charge in [-0.3, -0.25) is 0 Å². The Morgan fingerprint density at radius 2 is 1.64 bits per heavy atom. The highest BCUT2D eigenvalue weighted by Gasteiger charge is 2.01. The first-order valence-corrected chi connectivity index (χ1v) is 6.14. The van der Waals surface area contributed by atoms with Crippen LogP contribution >= 0.6 is 0 Å². The van der Waals surface area contributed by atoms with E-state index >= 15 is 0 Å². The minimum atomic E-state index is -0.0761. The predicted molar refractivity (Wildman–Crippen MR) is 63.4 cm³/mol. The van der Waals surface area contributed by atoms with Crippen molar-refractivity contribution in [1.82, 2.24) is 0 Å². The molecule has 0 aliphatic carbocycles. The van der Waals surface area contributed by atoms with Gasteiger partial charge in [0.05, 0.1) is 6.10 Å². The molecule has 0 aliphatic rings. The lowest BCUT2D eigenvalue weighted by atomic mass is 10.1. The highest BCUT2D eigenvalue weighted by atomic mass is 16.3. The molecule has 0 saturated carbocycles. The van der Waals surface area contributed by atoms with E-state index in [4.69, 9.17) is 0 Å². The average Bonchev–Trinajstić information content (AvgIpc) is 2.18. The maximum atomic E-state index is 9.60. The van der Waals surface area contributed by atoms with Gasteiger partial charge in [0.2, 0.25) is 0 Å². The molecule has 1 unspecified atom stereocenters. The highest BCUT2D eigenvalue weighted by Crippen LogP contribution is 2.08. The van der Waals surface area contributed by atoms with Crippen LogP contribution in [0.5, 0.6) is 0 Å². The van der Waals surface area contributed by atoms with Gasteiger partial charge in [-0.25, -0.2) is 0 Å². The van der Waals surface area contributed by atoms with E-state index in [-0.39, 0.29) is 6.10 Å². The van der Waals surface area contributed by atoms with Gasteiger partial charge in [0.15, 0.2) is 0 Å². The highest BCUT2D eigenvalue weighted by molar-refractivity contribution is 4.81. The molecule has 0 aromatic carbocycles. The van der Waals surface area contributed by atoms with E-state index in [1.165, 1.54) is 32.1 Å². The second kappa shape index (κ2) is 10.8. The van der Waals surface area contributed by atoms with E-state index in [0.717, 1.165) is 19.3 Å².